The molecule has 0 heterocycles. The van der Waals surface area contributed by atoms with Gasteiger partial charge in [0.25, 0.3) is 0 Å². The first-order valence-electron chi connectivity index (χ1n) is 3.48. The van der Waals surface area contributed by atoms with Crippen LogP contribution in [0.4, 0.5) is 10.5 Å². The molecule has 5 heteroatoms. The molecule has 0 aliphatic heterocycles. The third-order valence-electron chi connectivity index (χ3n) is 1.45. The average molecular weight is 202 g/mol. The smallest absolute Gasteiger partial charge is 0.426 e. The molecule has 1 aromatic carbocycles. The van der Waals surface area contributed by atoms with E-state index in [9.17, 15) is 4.79 Å². The molecule has 0 fully saturated rings. The Morgan fingerprint density at radius 2 is 2.31 bits per heavy atom. The molecule has 70 valence electrons. The first kappa shape index (κ1) is 9.67. The predicted molar refractivity (Wildman–Crippen MR) is 49.4 cm³/mol. The molecule has 0 atom stereocenters. The number of methoxy groups -OCH3 is 1. The molecule has 0 aliphatic carbocycles. The Bertz CT molecular complexity index is 316. The van der Waals surface area contributed by atoms with E-state index in [1.54, 1.807) is 18.2 Å². The summed E-state index contributed by atoms with van der Waals surface area (Å²) in [4.78, 5) is 10.5. The quantitative estimate of drug-likeness (QED) is 0.748. The number of ether oxygens (including phenoxy) is 1. The van der Waals surface area contributed by atoms with Crippen LogP contribution < -0.4 is 9.16 Å². The van der Waals surface area contributed by atoms with Crippen LogP contribution in [-0.2, 0) is 0 Å². The second-order valence-electron chi connectivity index (χ2n) is 2.26. The highest BCUT2D eigenvalue weighted by Crippen LogP contribution is 2.22. The number of benzene rings is 1. The number of halogens is 1. The monoisotopic (exact) mass is 201 g/mol. The fourth-order valence-corrected chi connectivity index (χ4v) is 0.948. The highest BCUT2D eigenvalue weighted by Gasteiger charge is 2.11. The van der Waals surface area contributed by atoms with Crippen molar-refractivity contribution in [3.63, 3.8) is 0 Å². The fourth-order valence-electron chi connectivity index (χ4n) is 0.843. The highest BCUT2D eigenvalue weighted by atomic mass is 35.5. The molecule has 0 saturated heterocycles. The zero-order valence-electron chi connectivity index (χ0n) is 6.90. The van der Waals surface area contributed by atoms with Crippen LogP contribution in [0.1, 0.15) is 0 Å². The normalized spacial score (nSPS) is 9.38. The Kier molecular flexibility index (Phi) is 2.97. The predicted octanol–water partition coefficient (Wildman–Crippen LogP) is 2.33. The van der Waals surface area contributed by atoms with Gasteiger partial charge < -0.3 is 9.84 Å². The van der Waals surface area contributed by atoms with Gasteiger partial charge in [0, 0.05) is 17.8 Å². The first-order valence-corrected chi connectivity index (χ1v) is 3.82. The maximum atomic E-state index is 10.5. The highest BCUT2D eigenvalue weighted by molar-refractivity contribution is 6.35. The van der Waals surface area contributed by atoms with Crippen LogP contribution in [0, 0.1) is 0 Å². The van der Waals surface area contributed by atoms with Crippen molar-refractivity contribution in [1.82, 2.24) is 0 Å². The zero-order valence-corrected chi connectivity index (χ0v) is 7.65. The van der Waals surface area contributed by atoms with Crippen molar-refractivity contribution < 1.29 is 14.6 Å². The van der Waals surface area contributed by atoms with Crippen LogP contribution in [-0.4, -0.2) is 18.3 Å². The minimum absolute atomic E-state index is 0.355. The molecule has 0 bridgehead atoms. The number of carbonyl (C=O) groups is 1. The lowest BCUT2D eigenvalue weighted by molar-refractivity contribution is 0.206. The largest absolute Gasteiger partial charge is 0.497 e. The SMILES string of the molecule is COc1cccc(N(Cl)C(=O)O)c1. The van der Waals surface area contributed by atoms with Crippen molar-refractivity contribution in [3.05, 3.63) is 24.3 Å². The van der Waals surface area contributed by atoms with Crippen LogP contribution >= 0.6 is 11.8 Å². The third-order valence-corrected chi connectivity index (χ3v) is 1.79. The molecular formula is C8H8ClNO3. The van der Waals surface area contributed by atoms with Gasteiger partial charge in [-0.3, -0.25) is 0 Å². The summed E-state index contributed by atoms with van der Waals surface area (Å²) < 4.78 is 5.51. The van der Waals surface area contributed by atoms with E-state index >= 15 is 0 Å². The maximum Gasteiger partial charge on any atom is 0.426 e. The van der Waals surface area contributed by atoms with E-state index in [0.717, 1.165) is 0 Å². The summed E-state index contributed by atoms with van der Waals surface area (Å²) in [5, 5.41) is 8.55. The van der Waals surface area contributed by atoms with Gasteiger partial charge in [0.15, 0.2) is 0 Å². The molecule has 13 heavy (non-hydrogen) atoms. The van der Waals surface area contributed by atoms with Gasteiger partial charge in [-0.1, -0.05) is 6.07 Å². The summed E-state index contributed by atoms with van der Waals surface area (Å²) in [6.07, 6.45) is -1.23. The van der Waals surface area contributed by atoms with Crippen molar-refractivity contribution in [2.24, 2.45) is 0 Å². The van der Waals surface area contributed by atoms with E-state index in [2.05, 4.69) is 0 Å². The zero-order chi connectivity index (χ0) is 9.84. The molecule has 0 unspecified atom stereocenters. The van der Waals surface area contributed by atoms with Crippen LogP contribution in [0.5, 0.6) is 5.75 Å². The van der Waals surface area contributed by atoms with Gasteiger partial charge >= 0.3 is 6.09 Å². The van der Waals surface area contributed by atoms with Crippen molar-refractivity contribution >= 4 is 23.6 Å². The average Bonchev–Trinajstić information content (AvgIpc) is 2.16. The molecule has 0 radical (unpaired) electrons. The molecule has 1 rings (SSSR count). The number of anilines is 1. The van der Waals surface area contributed by atoms with Gasteiger partial charge in [0.05, 0.1) is 12.8 Å². The molecule has 0 spiro atoms. The van der Waals surface area contributed by atoms with Crippen molar-refractivity contribution in [3.8, 4) is 5.75 Å². The molecule has 1 N–H and O–H groups in total. The second kappa shape index (κ2) is 4.00. The first-order chi connectivity index (χ1) is 6.15. The number of hydrogen-bond acceptors (Lipinski definition) is 2. The standard InChI is InChI=1S/C8H8ClNO3/c1-13-7-4-2-3-6(5-7)10(9)8(11)12/h2-5H,1H3,(H,11,12). The van der Waals surface area contributed by atoms with Crippen molar-refractivity contribution in [2.75, 3.05) is 11.5 Å². The molecule has 0 aromatic heterocycles. The molecule has 1 amide bonds. The van der Waals surface area contributed by atoms with E-state index in [1.165, 1.54) is 13.2 Å². The van der Waals surface area contributed by atoms with Crippen LogP contribution in [0.25, 0.3) is 0 Å². The fraction of sp³-hybridized carbons (Fsp3) is 0.125. The van der Waals surface area contributed by atoms with Gasteiger partial charge in [-0.15, -0.1) is 0 Å². The summed E-state index contributed by atoms with van der Waals surface area (Å²) in [6, 6.07) is 6.47. The third kappa shape index (κ3) is 2.26. The maximum absolute atomic E-state index is 10.5. The summed E-state index contributed by atoms with van der Waals surface area (Å²) in [6.45, 7) is 0. The summed E-state index contributed by atoms with van der Waals surface area (Å²) in [5.74, 6) is 0.560. The number of carboxylic acid groups (broad SMARTS) is 1. The summed E-state index contributed by atoms with van der Waals surface area (Å²) >= 11 is 5.45. The Hall–Kier alpha value is -1.42. The Morgan fingerprint density at radius 1 is 1.62 bits per heavy atom. The molecule has 1 aromatic rings. The minimum atomic E-state index is -1.23. The van der Waals surface area contributed by atoms with Crippen molar-refractivity contribution in [1.29, 1.82) is 0 Å². The lowest BCUT2D eigenvalue weighted by atomic mass is 10.3. The summed E-state index contributed by atoms with van der Waals surface area (Å²) in [7, 11) is 1.50. The Morgan fingerprint density at radius 3 is 2.85 bits per heavy atom. The number of nitrogens with zero attached hydrogens (tertiary/aromatic N) is 1. The second-order valence-corrected chi connectivity index (χ2v) is 2.60. The van der Waals surface area contributed by atoms with Crippen LogP contribution in [0.2, 0.25) is 0 Å². The van der Waals surface area contributed by atoms with E-state index < -0.39 is 6.09 Å². The molecule has 0 aliphatic rings. The van der Waals surface area contributed by atoms with Gasteiger partial charge in [0.1, 0.15) is 5.75 Å². The number of hydrogen-bond donors (Lipinski definition) is 1. The van der Waals surface area contributed by atoms with E-state index in [4.69, 9.17) is 21.6 Å². The number of rotatable bonds is 2. The summed E-state index contributed by atoms with van der Waals surface area (Å²) in [5.41, 5.74) is 0.355. The van der Waals surface area contributed by atoms with Gasteiger partial charge in [-0.05, 0) is 12.1 Å². The van der Waals surface area contributed by atoms with E-state index in [-0.39, 0.29) is 0 Å². The van der Waals surface area contributed by atoms with Crippen LogP contribution in [0.3, 0.4) is 0 Å². The van der Waals surface area contributed by atoms with Crippen LogP contribution in [0.15, 0.2) is 24.3 Å². The van der Waals surface area contributed by atoms with Gasteiger partial charge in [-0.2, -0.15) is 4.42 Å². The molecular weight excluding hydrogens is 194 g/mol. The van der Waals surface area contributed by atoms with Gasteiger partial charge in [0.2, 0.25) is 0 Å². The lowest BCUT2D eigenvalue weighted by Gasteiger charge is -2.10. The number of amides is 1. The van der Waals surface area contributed by atoms with E-state index in [1.807, 2.05) is 0 Å². The lowest BCUT2D eigenvalue weighted by Crippen LogP contribution is -2.17. The topological polar surface area (TPSA) is 49.8 Å². The molecule has 0 saturated carbocycles. The Balaban J connectivity index is 2.94. The van der Waals surface area contributed by atoms with Crippen molar-refractivity contribution in [2.45, 2.75) is 0 Å². The molecule has 4 nitrogen and oxygen atoms in total. The van der Waals surface area contributed by atoms with E-state index in [0.29, 0.717) is 15.9 Å². The van der Waals surface area contributed by atoms with Gasteiger partial charge in [-0.25, -0.2) is 4.79 Å². The minimum Gasteiger partial charge on any atom is -0.497 e. The Labute approximate surface area is 80.4 Å².